The molecule has 0 fully saturated rings. The number of rotatable bonds is 9. The molecule has 210 valence electrons. The Morgan fingerprint density at radius 1 is 1.13 bits per heavy atom. The van der Waals surface area contributed by atoms with Gasteiger partial charge in [0.1, 0.15) is 5.69 Å². The third-order valence-electron chi connectivity index (χ3n) is 5.47. The van der Waals surface area contributed by atoms with Crippen molar-refractivity contribution in [1.82, 2.24) is 10.6 Å². The molecule has 1 heterocycles. The number of urea groups is 1. The number of allylic oxidation sites excluding steroid dienone is 2. The fourth-order valence-electron chi connectivity index (χ4n) is 3.66. The van der Waals surface area contributed by atoms with E-state index in [0.29, 0.717) is 29.8 Å². The zero-order valence-electron chi connectivity index (χ0n) is 21.8. The van der Waals surface area contributed by atoms with Crippen molar-refractivity contribution in [3.63, 3.8) is 0 Å². The standard InChI is InChI=1S/C24H25F2N3O3S.C3H6O3/c1-4-6-17(5-2)15(3)28-24(30)29-23-21(25)10-20(11-22(23)26)33(31,32)14-16-7-8-18-12-27-13-19(18)9-16;1-3(4)6-5-2/h4-11,15,27H,1-2,12-14H2,3H3,(H2,28,29,30);1-2H3/b17-6+;. The summed E-state index contributed by atoms with van der Waals surface area (Å²) in [6.45, 7) is 11.5. The van der Waals surface area contributed by atoms with Gasteiger partial charge in [0.15, 0.2) is 21.5 Å². The van der Waals surface area contributed by atoms with E-state index < -0.39 is 55.8 Å². The minimum absolute atomic E-state index is 0.399. The van der Waals surface area contributed by atoms with Gasteiger partial charge in [-0.15, -0.1) is 0 Å². The molecule has 2 aromatic rings. The number of fused-ring (bicyclic) bond motifs is 1. The number of amides is 2. The Morgan fingerprint density at radius 3 is 2.31 bits per heavy atom. The smallest absolute Gasteiger partial charge is 0.331 e. The number of carbonyl (C=O) groups is 2. The Morgan fingerprint density at radius 2 is 1.77 bits per heavy atom. The molecule has 1 unspecified atom stereocenters. The molecular weight excluding hydrogens is 532 g/mol. The van der Waals surface area contributed by atoms with Gasteiger partial charge in [-0.2, -0.15) is 4.89 Å². The second kappa shape index (κ2) is 14.3. The van der Waals surface area contributed by atoms with Gasteiger partial charge < -0.3 is 16.0 Å². The lowest BCUT2D eigenvalue weighted by atomic mass is 10.1. The van der Waals surface area contributed by atoms with Crippen LogP contribution in [-0.4, -0.2) is 33.6 Å². The molecule has 1 aliphatic rings. The molecule has 0 bridgehead atoms. The number of carbonyl (C=O) groups excluding carboxylic acids is 2. The van der Waals surface area contributed by atoms with E-state index in [1.54, 1.807) is 25.1 Å². The van der Waals surface area contributed by atoms with E-state index in [0.717, 1.165) is 17.7 Å². The van der Waals surface area contributed by atoms with Crippen LogP contribution in [0.3, 0.4) is 0 Å². The van der Waals surface area contributed by atoms with E-state index in [1.165, 1.54) is 26.2 Å². The molecule has 9 nitrogen and oxygen atoms in total. The Hall–Kier alpha value is -3.87. The minimum atomic E-state index is -4.02. The molecule has 0 aliphatic carbocycles. The van der Waals surface area contributed by atoms with Gasteiger partial charge in [0.05, 0.1) is 23.8 Å². The van der Waals surface area contributed by atoms with Crippen LogP contribution in [0, 0.1) is 11.6 Å². The van der Waals surface area contributed by atoms with Crippen molar-refractivity contribution in [3.8, 4) is 0 Å². The van der Waals surface area contributed by atoms with Crippen molar-refractivity contribution >= 4 is 27.5 Å². The molecule has 0 spiro atoms. The third kappa shape index (κ3) is 9.13. The minimum Gasteiger partial charge on any atom is -0.331 e. The van der Waals surface area contributed by atoms with Crippen LogP contribution < -0.4 is 16.0 Å². The van der Waals surface area contributed by atoms with Crippen molar-refractivity contribution in [1.29, 1.82) is 0 Å². The summed E-state index contributed by atoms with van der Waals surface area (Å²) in [5.74, 6) is -3.22. The van der Waals surface area contributed by atoms with Crippen molar-refractivity contribution in [2.45, 2.75) is 43.6 Å². The van der Waals surface area contributed by atoms with Crippen LogP contribution >= 0.6 is 0 Å². The van der Waals surface area contributed by atoms with Gasteiger partial charge in [0.2, 0.25) is 0 Å². The van der Waals surface area contributed by atoms with E-state index in [-0.39, 0.29) is 0 Å². The maximum Gasteiger partial charge on any atom is 0.339 e. The second-order valence-electron chi connectivity index (χ2n) is 8.40. The molecule has 0 radical (unpaired) electrons. The van der Waals surface area contributed by atoms with Crippen LogP contribution in [0.25, 0.3) is 0 Å². The number of hydrogen-bond acceptors (Lipinski definition) is 7. The Balaban J connectivity index is 0.000000798. The number of halogens is 2. The average Bonchev–Trinajstić information content (AvgIpc) is 3.32. The van der Waals surface area contributed by atoms with Gasteiger partial charge in [-0.3, -0.25) is 4.89 Å². The van der Waals surface area contributed by atoms with Gasteiger partial charge in [-0.25, -0.2) is 26.8 Å². The molecule has 1 atom stereocenters. The molecule has 39 heavy (non-hydrogen) atoms. The molecule has 3 rings (SSSR count). The van der Waals surface area contributed by atoms with Gasteiger partial charge in [-0.1, -0.05) is 49.6 Å². The van der Waals surface area contributed by atoms with E-state index in [4.69, 9.17) is 0 Å². The summed E-state index contributed by atoms with van der Waals surface area (Å²) in [5, 5.41) is 7.79. The number of anilines is 1. The quantitative estimate of drug-likeness (QED) is 0.234. The summed E-state index contributed by atoms with van der Waals surface area (Å²) in [7, 11) is -2.74. The average molecular weight is 564 g/mol. The van der Waals surface area contributed by atoms with Crippen LogP contribution in [0.15, 0.2) is 72.2 Å². The largest absolute Gasteiger partial charge is 0.339 e. The van der Waals surface area contributed by atoms with Crippen molar-refractivity contribution < 1.29 is 36.6 Å². The first-order valence-electron chi connectivity index (χ1n) is 11.7. The van der Waals surface area contributed by atoms with Crippen LogP contribution in [0.1, 0.15) is 30.5 Å². The van der Waals surface area contributed by atoms with Gasteiger partial charge in [0.25, 0.3) is 0 Å². The maximum atomic E-state index is 14.6. The lowest BCUT2D eigenvalue weighted by Crippen LogP contribution is -2.37. The summed E-state index contributed by atoms with van der Waals surface area (Å²) >= 11 is 0. The fraction of sp³-hybridized carbons (Fsp3) is 0.259. The van der Waals surface area contributed by atoms with Crippen LogP contribution in [0.4, 0.5) is 19.3 Å². The number of sulfone groups is 1. The van der Waals surface area contributed by atoms with Crippen LogP contribution in [0.2, 0.25) is 0 Å². The van der Waals surface area contributed by atoms with E-state index in [2.05, 4.69) is 38.9 Å². The van der Waals surface area contributed by atoms with E-state index in [1.807, 2.05) is 6.07 Å². The summed E-state index contributed by atoms with van der Waals surface area (Å²) in [6, 6.07) is 5.36. The van der Waals surface area contributed by atoms with Crippen molar-refractivity contribution in [2.24, 2.45) is 0 Å². The van der Waals surface area contributed by atoms with Gasteiger partial charge in [0, 0.05) is 20.0 Å². The Bertz CT molecular complexity index is 1350. The highest BCUT2D eigenvalue weighted by Gasteiger charge is 2.23. The highest BCUT2D eigenvalue weighted by atomic mass is 32.2. The lowest BCUT2D eigenvalue weighted by molar-refractivity contribution is -0.252. The molecule has 0 aromatic heterocycles. The number of hydrogen-bond donors (Lipinski definition) is 3. The topological polar surface area (TPSA) is 123 Å². The summed E-state index contributed by atoms with van der Waals surface area (Å²) in [5.41, 5.74) is 2.53. The first-order valence-corrected chi connectivity index (χ1v) is 13.3. The Kier molecular flexibility index (Phi) is 11.5. The van der Waals surface area contributed by atoms with E-state index in [9.17, 15) is 26.8 Å². The van der Waals surface area contributed by atoms with Gasteiger partial charge in [-0.05, 0) is 41.3 Å². The van der Waals surface area contributed by atoms with Crippen molar-refractivity contribution in [3.05, 3.63) is 95.6 Å². The molecule has 1 aliphatic heterocycles. The number of benzene rings is 2. The fourth-order valence-corrected chi connectivity index (χ4v) is 5.01. The predicted molar refractivity (Wildman–Crippen MR) is 143 cm³/mol. The van der Waals surface area contributed by atoms with E-state index >= 15 is 0 Å². The zero-order chi connectivity index (χ0) is 29.2. The zero-order valence-corrected chi connectivity index (χ0v) is 22.7. The summed E-state index contributed by atoms with van der Waals surface area (Å²) < 4.78 is 54.8. The van der Waals surface area contributed by atoms with Crippen LogP contribution in [-0.2, 0) is 43.2 Å². The first kappa shape index (κ1) is 31.3. The molecule has 3 N–H and O–H groups in total. The Labute approximate surface area is 226 Å². The summed E-state index contributed by atoms with van der Waals surface area (Å²) in [6.07, 6.45) is 4.67. The molecule has 12 heteroatoms. The predicted octanol–water partition coefficient (Wildman–Crippen LogP) is 4.46. The lowest BCUT2D eigenvalue weighted by Gasteiger charge is -2.16. The molecule has 2 aromatic carbocycles. The molecule has 0 saturated carbocycles. The van der Waals surface area contributed by atoms with Crippen LogP contribution in [0.5, 0.6) is 0 Å². The van der Waals surface area contributed by atoms with Gasteiger partial charge >= 0.3 is 12.0 Å². The summed E-state index contributed by atoms with van der Waals surface area (Å²) in [4.78, 5) is 29.3. The molecule has 2 amide bonds. The second-order valence-corrected chi connectivity index (χ2v) is 10.4. The third-order valence-corrected chi connectivity index (χ3v) is 7.13. The highest BCUT2D eigenvalue weighted by Crippen LogP contribution is 2.27. The maximum absolute atomic E-state index is 14.6. The number of nitrogens with one attached hydrogen (secondary N) is 3. The normalized spacial score (nSPS) is 13.3. The van der Waals surface area contributed by atoms with Crippen molar-refractivity contribution in [2.75, 3.05) is 12.4 Å². The molecular formula is C27H31F2N3O6S. The molecule has 0 saturated heterocycles. The first-order chi connectivity index (χ1) is 18.4. The SMILES string of the molecule is C=C/C=C(\C=C)C(C)NC(=O)Nc1c(F)cc(S(=O)(=O)Cc2ccc3c(c2)CNC3)cc1F.COOC(C)=O. The highest BCUT2D eigenvalue weighted by molar-refractivity contribution is 7.90. The monoisotopic (exact) mass is 563 g/mol.